The summed E-state index contributed by atoms with van der Waals surface area (Å²) in [5.74, 6) is 0.734. The van der Waals surface area contributed by atoms with Gasteiger partial charge in [0, 0.05) is 31.1 Å². The smallest absolute Gasteiger partial charge is 0.410 e. The highest BCUT2D eigenvalue weighted by Gasteiger charge is 2.37. The van der Waals surface area contributed by atoms with E-state index in [1.54, 1.807) is 4.90 Å². The number of amides is 1. The van der Waals surface area contributed by atoms with E-state index in [0.29, 0.717) is 51.0 Å². The fraction of sp³-hybridized carbons (Fsp3) is 0.577. The molecule has 2 aromatic heterocycles. The van der Waals surface area contributed by atoms with Crippen molar-refractivity contribution >= 4 is 73.0 Å². The number of hydrogen-bond acceptors (Lipinski definition) is 8. The minimum Gasteiger partial charge on any atom is -0.444 e. The van der Waals surface area contributed by atoms with Crippen LogP contribution < -0.4 is 4.90 Å². The quantitative estimate of drug-likeness (QED) is 0.338. The Morgan fingerprint density at radius 1 is 1.28 bits per heavy atom. The highest BCUT2D eigenvalue weighted by atomic mass is 79.9. The lowest BCUT2D eigenvalue weighted by Crippen LogP contribution is -2.57. The van der Waals surface area contributed by atoms with Gasteiger partial charge in [-0.05, 0) is 69.7 Å². The second kappa shape index (κ2) is 10.5. The van der Waals surface area contributed by atoms with Crippen LogP contribution in [0.5, 0.6) is 0 Å². The molecular formula is C26H31BrCl2N8O2. The maximum atomic E-state index is 12.9. The van der Waals surface area contributed by atoms with E-state index in [-0.39, 0.29) is 18.5 Å². The Bertz CT molecular complexity index is 1480. The van der Waals surface area contributed by atoms with Crippen molar-refractivity contribution in [1.82, 2.24) is 29.8 Å². The van der Waals surface area contributed by atoms with Gasteiger partial charge >= 0.3 is 6.09 Å². The van der Waals surface area contributed by atoms with E-state index >= 15 is 0 Å². The third-order valence-electron chi connectivity index (χ3n) is 7.40. The van der Waals surface area contributed by atoms with Crippen LogP contribution in [0.3, 0.4) is 0 Å². The molecule has 39 heavy (non-hydrogen) atoms. The molecule has 4 heterocycles. The van der Waals surface area contributed by atoms with Crippen LogP contribution in [0.1, 0.15) is 46.1 Å². The Hall–Kier alpha value is -2.39. The molecule has 0 spiro atoms. The van der Waals surface area contributed by atoms with Crippen LogP contribution in [-0.4, -0.2) is 87.3 Å². The molecule has 0 radical (unpaired) electrons. The number of carbonyl (C=O) groups is 1. The van der Waals surface area contributed by atoms with Gasteiger partial charge in [-0.2, -0.15) is 5.26 Å². The van der Waals surface area contributed by atoms with Crippen LogP contribution in [0.15, 0.2) is 10.5 Å². The molecule has 2 fully saturated rings. The van der Waals surface area contributed by atoms with Gasteiger partial charge in [0.05, 0.1) is 44.6 Å². The average molecular weight is 638 g/mol. The topological polar surface area (TPSA) is 103 Å². The number of likely N-dealkylation sites (tertiary alicyclic amines) is 1. The molecular weight excluding hydrogens is 607 g/mol. The lowest BCUT2D eigenvalue weighted by Gasteiger charge is -2.43. The number of anilines is 1. The van der Waals surface area contributed by atoms with Gasteiger partial charge in [-0.3, -0.25) is 0 Å². The third-order valence-corrected chi connectivity index (χ3v) is 9.34. The molecule has 2 aliphatic rings. The van der Waals surface area contributed by atoms with Gasteiger partial charge in [0.1, 0.15) is 11.1 Å². The van der Waals surface area contributed by atoms with Gasteiger partial charge in [0.25, 0.3) is 0 Å². The van der Waals surface area contributed by atoms with Gasteiger partial charge < -0.3 is 19.4 Å². The molecule has 1 aromatic carbocycles. The van der Waals surface area contributed by atoms with Crippen molar-refractivity contribution in [3.63, 3.8) is 0 Å². The van der Waals surface area contributed by atoms with Crippen molar-refractivity contribution < 1.29 is 9.53 Å². The third kappa shape index (κ3) is 5.24. The number of likely N-dealkylation sites (N-methyl/N-ethyl adjacent to an activating group) is 1. The summed E-state index contributed by atoms with van der Waals surface area (Å²) in [5, 5.41) is 20.4. The molecule has 208 valence electrons. The summed E-state index contributed by atoms with van der Waals surface area (Å²) in [6, 6.07) is 4.09. The summed E-state index contributed by atoms with van der Waals surface area (Å²) in [7, 11) is 4.14. The summed E-state index contributed by atoms with van der Waals surface area (Å²) in [5.41, 5.74) is 1.48. The second-order valence-corrected chi connectivity index (χ2v) is 13.0. The molecule has 2 aliphatic heterocycles. The minimum atomic E-state index is -0.620. The van der Waals surface area contributed by atoms with E-state index in [9.17, 15) is 10.1 Å². The average Bonchev–Trinajstić information content (AvgIpc) is 3.27. The van der Waals surface area contributed by atoms with Gasteiger partial charge in [-0.15, -0.1) is 5.10 Å². The number of nitrogens with zero attached hydrogens (tertiary/aromatic N) is 8. The van der Waals surface area contributed by atoms with Crippen LogP contribution in [0.2, 0.25) is 10.0 Å². The van der Waals surface area contributed by atoms with Crippen molar-refractivity contribution in [2.75, 3.05) is 38.6 Å². The Kier molecular flexibility index (Phi) is 7.61. The maximum absolute atomic E-state index is 12.9. The Morgan fingerprint density at radius 3 is 2.64 bits per heavy atom. The van der Waals surface area contributed by atoms with E-state index in [2.05, 4.69) is 56.2 Å². The lowest BCUT2D eigenvalue weighted by molar-refractivity contribution is 0.00557. The molecule has 0 bridgehead atoms. The number of halogens is 3. The zero-order valence-corrected chi connectivity index (χ0v) is 25.7. The number of carbonyl (C=O) groups excluding carboxylic acids is 1. The monoisotopic (exact) mass is 636 g/mol. The first-order chi connectivity index (χ1) is 18.4. The molecule has 2 atom stereocenters. The number of aromatic nitrogens is 4. The lowest BCUT2D eigenvalue weighted by atomic mass is 9.95. The predicted octanol–water partition coefficient (Wildman–Crippen LogP) is 5.65. The van der Waals surface area contributed by atoms with E-state index in [0.717, 1.165) is 29.8 Å². The zero-order valence-electron chi connectivity index (χ0n) is 22.6. The first-order valence-electron chi connectivity index (χ1n) is 12.9. The number of fused-ring (bicyclic) bond motifs is 3. The zero-order chi connectivity index (χ0) is 28.2. The fourth-order valence-corrected chi connectivity index (χ4v) is 6.07. The van der Waals surface area contributed by atoms with Crippen LogP contribution >= 0.6 is 39.1 Å². The van der Waals surface area contributed by atoms with Crippen LogP contribution in [0.25, 0.3) is 21.9 Å². The van der Waals surface area contributed by atoms with E-state index in [1.165, 1.54) is 0 Å². The van der Waals surface area contributed by atoms with Gasteiger partial charge in [-0.25, -0.2) is 14.5 Å². The predicted molar refractivity (Wildman–Crippen MR) is 155 cm³/mol. The standard InChI is InChI=1S/C26H31BrCl2N8O2/c1-26(2,3)39-25(38)36-9-7-15(10-14(36)6-8-30)37-23-17-11-18(28)19(27)20(29)21(17)31-24(22(23)32-33-37)35-12-16(13-35)34(4)5/h11,14-16H,6-7,9-10,12-13H2,1-5H3/t14-,15+/m1/s1. The summed E-state index contributed by atoms with van der Waals surface area (Å²) in [4.78, 5) is 23.9. The summed E-state index contributed by atoms with van der Waals surface area (Å²) >= 11 is 16.8. The number of benzene rings is 1. The molecule has 0 saturated carbocycles. The minimum absolute atomic E-state index is 0.0994. The van der Waals surface area contributed by atoms with Gasteiger partial charge in [0.2, 0.25) is 0 Å². The summed E-state index contributed by atoms with van der Waals surface area (Å²) in [6.07, 6.45) is 0.955. The van der Waals surface area contributed by atoms with E-state index < -0.39 is 11.7 Å². The maximum Gasteiger partial charge on any atom is 0.410 e. The first-order valence-corrected chi connectivity index (χ1v) is 14.4. The fourth-order valence-electron chi connectivity index (χ4n) is 5.27. The molecule has 3 aromatic rings. The highest BCUT2D eigenvalue weighted by Crippen LogP contribution is 2.43. The van der Waals surface area contributed by atoms with Gasteiger partial charge in [0.15, 0.2) is 11.3 Å². The number of ether oxygens (including phenoxy) is 1. The number of hydrogen-bond donors (Lipinski definition) is 0. The van der Waals surface area contributed by atoms with Crippen LogP contribution in [0, 0.1) is 11.3 Å². The Morgan fingerprint density at radius 2 is 2.00 bits per heavy atom. The number of piperidine rings is 1. The van der Waals surface area contributed by atoms with Crippen molar-refractivity contribution in [2.24, 2.45) is 0 Å². The molecule has 5 rings (SSSR count). The van der Waals surface area contributed by atoms with Gasteiger partial charge in [-0.1, -0.05) is 28.4 Å². The molecule has 0 unspecified atom stereocenters. The molecule has 0 N–H and O–H groups in total. The highest BCUT2D eigenvalue weighted by molar-refractivity contribution is 9.10. The number of nitriles is 1. The van der Waals surface area contributed by atoms with Crippen molar-refractivity contribution in [1.29, 1.82) is 5.26 Å². The summed E-state index contributed by atoms with van der Waals surface area (Å²) < 4.78 is 8.12. The largest absolute Gasteiger partial charge is 0.444 e. The molecule has 10 nitrogen and oxygen atoms in total. The second-order valence-electron chi connectivity index (χ2n) is 11.4. The molecule has 0 aliphatic carbocycles. The Balaban J connectivity index is 1.58. The van der Waals surface area contributed by atoms with Crippen molar-refractivity contribution in [3.05, 3.63) is 20.6 Å². The van der Waals surface area contributed by atoms with Crippen LogP contribution in [0.4, 0.5) is 10.6 Å². The Labute approximate surface area is 245 Å². The van der Waals surface area contributed by atoms with Crippen molar-refractivity contribution in [2.45, 2.75) is 63.8 Å². The summed E-state index contributed by atoms with van der Waals surface area (Å²) in [6.45, 7) is 7.58. The van der Waals surface area contributed by atoms with E-state index in [4.69, 9.17) is 32.9 Å². The number of pyridine rings is 1. The molecule has 13 heteroatoms. The van der Waals surface area contributed by atoms with E-state index in [1.807, 2.05) is 31.5 Å². The molecule has 1 amide bonds. The van der Waals surface area contributed by atoms with Crippen molar-refractivity contribution in [3.8, 4) is 6.07 Å². The van der Waals surface area contributed by atoms with Crippen LogP contribution in [-0.2, 0) is 4.74 Å². The SMILES string of the molecule is CN(C)C1CN(c2nc3c(Cl)c(Br)c(Cl)cc3c3c2nnn3[C@H]2CCN(C(=O)OC(C)(C)C)[C@H](CC#N)C2)C1. The molecule has 2 saturated heterocycles. The normalized spacial score (nSPS) is 20.5. The number of rotatable bonds is 4. The first kappa shape index (κ1) is 28.1.